The highest BCUT2D eigenvalue weighted by molar-refractivity contribution is 5.75. The molecule has 4 heteroatoms. The number of amides is 1. The maximum atomic E-state index is 11.4. The summed E-state index contributed by atoms with van der Waals surface area (Å²) in [6.07, 6.45) is 3.92. The summed E-state index contributed by atoms with van der Waals surface area (Å²) in [6, 6.07) is 0. The number of nitrogens with one attached hydrogen (secondary N) is 1. The van der Waals surface area contributed by atoms with Gasteiger partial charge in [0.15, 0.2) is 0 Å². The zero-order valence-electron chi connectivity index (χ0n) is 10.5. The minimum Gasteiger partial charge on any atom is -0.394 e. The predicted octanol–water partition coefficient (Wildman–Crippen LogP) is 1.33. The Labute approximate surface area is 98.4 Å². The van der Waals surface area contributed by atoms with Crippen LogP contribution < -0.4 is 5.32 Å². The molecule has 0 saturated carbocycles. The number of carbonyl (C=O) groups excluding carboxylic acids is 1. The van der Waals surface area contributed by atoms with E-state index in [1.54, 1.807) is 0 Å². The van der Waals surface area contributed by atoms with Crippen molar-refractivity contribution in [1.82, 2.24) is 5.32 Å². The summed E-state index contributed by atoms with van der Waals surface area (Å²) >= 11 is 0. The van der Waals surface area contributed by atoms with E-state index in [1.165, 1.54) is 12.8 Å². The van der Waals surface area contributed by atoms with Gasteiger partial charge in [-0.2, -0.15) is 0 Å². The fourth-order valence-electron chi connectivity index (χ4n) is 1.53. The van der Waals surface area contributed by atoms with Gasteiger partial charge in [-0.25, -0.2) is 0 Å². The fourth-order valence-corrected chi connectivity index (χ4v) is 1.53. The highest BCUT2D eigenvalue weighted by Crippen LogP contribution is 2.11. The van der Waals surface area contributed by atoms with E-state index in [1.807, 2.05) is 0 Å². The van der Waals surface area contributed by atoms with Crippen LogP contribution in [-0.2, 0) is 9.53 Å². The average Bonchev–Trinajstić information content (AvgIpc) is 2.26. The lowest BCUT2D eigenvalue weighted by Crippen LogP contribution is -2.27. The molecular formula is C12H25NO3. The molecule has 1 unspecified atom stereocenters. The van der Waals surface area contributed by atoms with Gasteiger partial charge in [0.2, 0.25) is 5.91 Å². The first-order valence-electron chi connectivity index (χ1n) is 6.16. The van der Waals surface area contributed by atoms with Crippen LogP contribution in [0, 0.1) is 5.92 Å². The lowest BCUT2D eigenvalue weighted by molar-refractivity contribution is -0.121. The second-order valence-electron chi connectivity index (χ2n) is 4.12. The molecule has 96 valence electrons. The van der Waals surface area contributed by atoms with Gasteiger partial charge < -0.3 is 15.2 Å². The first-order chi connectivity index (χ1) is 7.70. The molecule has 0 rings (SSSR count). The molecule has 0 aliphatic rings. The van der Waals surface area contributed by atoms with Crippen molar-refractivity contribution in [2.45, 2.75) is 39.5 Å². The highest BCUT2D eigenvalue weighted by Gasteiger charge is 2.05. The largest absolute Gasteiger partial charge is 0.394 e. The van der Waals surface area contributed by atoms with Crippen LogP contribution in [-0.4, -0.2) is 37.4 Å². The van der Waals surface area contributed by atoms with Crippen molar-refractivity contribution in [3.05, 3.63) is 0 Å². The van der Waals surface area contributed by atoms with Crippen LogP contribution in [0.5, 0.6) is 0 Å². The van der Waals surface area contributed by atoms with E-state index in [4.69, 9.17) is 9.84 Å². The summed E-state index contributed by atoms with van der Waals surface area (Å²) in [6.45, 7) is 5.71. The second-order valence-corrected chi connectivity index (χ2v) is 4.12. The van der Waals surface area contributed by atoms with Crippen LogP contribution in [0.15, 0.2) is 0 Å². The quantitative estimate of drug-likeness (QED) is 0.558. The number of rotatable bonds is 10. The Hall–Kier alpha value is -0.610. The van der Waals surface area contributed by atoms with E-state index in [0.29, 0.717) is 32.1 Å². The van der Waals surface area contributed by atoms with Crippen LogP contribution in [0.4, 0.5) is 0 Å². The van der Waals surface area contributed by atoms with Gasteiger partial charge in [-0.1, -0.05) is 26.7 Å². The molecule has 4 nitrogen and oxygen atoms in total. The molecule has 0 saturated heterocycles. The normalized spacial score (nSPS) is 12.4. The Kier molecular flexibility index (Phi) is 10.5. The summed E-state index contributed by atoms with van der Waals surface area (Å²) < 4.78 is 5.03. The van der Waals surface area contributed by atoms with Crippen molar-refractivity contribution in [3.8, 4) is 0 Å². The molecule has 0 heterocycles. The Morgan fingerprint density at radius 3 is 2.75 bits per heavy atom. The Morgan fingerprint density at radius 2 is 2.12 bits per heavy atom. The van der Waals surface area contributed by atoms with E-state index in [9.17, 15) is 4.79 Å². The maximum absolute atomic E-state index is 11.4. The lowest BCUT2D eigenvalue weighted by Gasteiger charge is -2.10. The molecule has 0 radical (unpaired) electrons. The molecule has 2 N–H and O–H groups in total. The van der Waals surface area contributed by atoms with Gasteiger partial charge in [0.25, 0.3) is 0 Å². The van der Waals surface area contributed by atoms with Crippen molar-refractivity contribution >= 4 is 5.91 Å². The van der Waals surface area contributed by atoms with Gasteiger partial charge in [0.05, 0.1) is 19.8 Å². The third-order valence-electron chi connectivity index (χ3n) is 2.45. The predicted molar refractivity (Wildman–Crippen MR) is 64.2 cm³/mol. The molecule has 0 fully saturated rings. The standard InChI is InChI=1S/C12H25NO3/c1-3-4-11(2)5-6-12(15)13-7-9-16-10-8-14/h11,14H,3-10H2,1-2H3,(H,13,15). The molecule has 0 bridgehead atoms. The minimum absolute atomic E-state index is 0.0302. The monoisotopic (exact) mass is 231 g/mol. The van der Waals surface area contributed by atoms with Gasteiger partial charge in [0, 0.05) is 13.0 Å². The van der Waals surface area contributed by atoms with E-state index in [0.717, 1.165) is 6.42 Å². The number of carbonyl (C=O) groups is 1. The van der Waals surface area contributed by atoms with Gasteiger partial charge in [-0.3, -0.25) is 4.79 Å². The number of hydrogen-bond acceptors (Lipinski definition) is 3. The third-order valence-corrected chi connectivity index (χ3v) is 2.45. The summed E-state index contributed by atoms with van der Waals surface area (Å²) in [5.41, 5.74) is 0. The van der Waals surface area contributed by atoms with Gasteiger partial charge in [0.1, 0.15) is 0 Å². The van der Waals surface area contributed by atoms with Crippen LogP contribution in [0.1, 0.15) is 39.5 Å². The molecule has 0 aromatic rings. The number of hydrogen-bond donors (Lipinski definition) is 2. The molecule has 0 aromatic carbocycles. The SMILES string of the molecule is CCCC(C)CCC(=O)NCCOCCO. The summed E-state index contributed by atoms with van der Waals surface area (Å²) in [5, 5.41) is 11.3. The van der Waals surface area contributed by atoms with Crippen LogP contribution in [0.25, 0.3) is 0 Å². The Bertz CT molecular complexity index is 174. The van der Waals surface area contributed by atoms with E-state index in [2.05, 4.69) is 19.2 Å². The Morgan fingerprint density at radius 1 is 1.38 bits per heavy atom. The number of aliphatic hydroxyl groups excluding tert-OH is 1. The first-order valence-corrected chi connectivity index (χ1v) is 6.16. The highest BCUT2D eigenvalue weighted by atomic mass is 16.5. The molecule has 0 aromatic heterocycles. The van der Waals surface area contributed by atoms with Crippen LogP contribution in [0.2, 0.25) is 0 Å². The third kappa shape index (κ3) is 9.93. The van der Waals surface area contributed by atoms with E-state index in [-0.39, 0.29) is 12.5 Å². The fraction of sp³-hybridized carbons (Fsp3) is 0.917. The van der Waals surface area contributed by atoms with Gasteiger partial charge >= 0.3 is 0 Å². The second kappa shape index (κ2) is 10.9. The zero-order valence-corrected chi connectivity index (χ0v) is 10.5. The topological polar surface area (TPSA) is 58.6 Å². The molecule has 16 heavy (non-hydrogen) atoms. The molecule has 0 spiro atoms. The maximum Gasteiger partial charge on any atom is 0.220 e. The summed E-state index contributed by atoms with van der Waals surface area (Å²) in [5.74, 6) is 0.719. The average molecular weight is 231 g/mol. The molecule has 1 amide bonds. The lowest BCUT2D eigenvalue weighted by atomic mass is 10.0. The van der Waals surface area contributed by atoms with Gasteiger partial charge in [-0.15, -0.1) is 0 Å². The smallest absolute Gasteiger partial charge is 0.220 e. The molecule has 1 atom stereocenters. The molecule has 0 aliphatic heterocycles. The minimum atomic E-state index is 0.0302. The van der Waals surface area contributed by atoms with E-state index >= 15 is 0 Å². The zero-order chi connectivity index (χ0) is 12.2. The van der Waals surface area contributed by atoms with Crippen LogP contribution in [0.3, 0.4) is 0 Å². The van der Waals surface area contributed by atoms with Crippen molar-refractivity contribution in [2.75, 3.05) is 26.4 Å². The number of aliphatic hydroxyl groups is 1. The van der Waals surface area contributed by atoms with E-state index < -0.39 is 0 Å². The molecule has 0 aliphatic carbocycles. The van der Waals surface area contributed by atoms with Crippen molar-refractivity contribution < 1.29 is 14.6 Å². The van der Waals surface area contributed by atoms with Crippen molar-refractivity contribution in [3.63, 3.8) is 0 Å². The van der Waals surface area contributed by atoms with Crippen LogP contribution >= 0.6 is 0 Å². The summed E-state index contributed by atoms with van der Waals surface area (Å²) in [7, 11) is 0. The summed E-state index contributed by atoms with van der Waals surface area (Å²) in [4.78, 5) is 11.4. The number of ether oxygens (including phenoxy) is 1. The molecular weight excluding hydrogens is 206 g/mol. The van der Waals surface area contributed by atoms with Crippen molar-refractivity contribution in [1.29, 1.82) is 0 Å². The first kappa shape index (κ1) is 15.4. The Balaban J connectivity index is 3.30. The van der Waals surface area contributed by atoms with Gasteiger partial charge in [-0.05, 0) is 12.3 Å². The van der Waals surface area contributed by atoms with Crippen molar-refractivity contribution in [2.24, 2.45) is 5.92 Å².